The van der Waals surface area contributed by atoms with E-state index in [1.54, 1.807) is 36.9 Å². The molecule has 3 aliphatic heterocycles. The molecule has 3 aromatic rings. The molecule has 2 atom stereocenters. The lowest BCUT2D eigenvalue weighted by atomic mass is 10.0. The number of imide groups is 1. The summed E-state index contributed by atoms with van der Waals surface area (Å²) in [6, 6.07) is 6.11. The number of ether oxygens (including phenoxy) is 1. The van der Waals surface area contributed by atoms with Gasteiger partial charge in [0, 0.05) is 31.1 Å². The molecule has 4 amide bonds. The molecule has 0 saturated carbocycles. The van der Waals surface area contributed by atoms with Gasteiger partial charge >= 0.3 is 0 Å². The fraction of sp³-hybridized carbons (Fsp3) is 0.429. The fourth-order valence-electron chi connectivity index (χ4n) is 5.69. The lowest BCUT2D eigenvalue weighted by molar-refractivity contribution is -0.136. The highest BCUT2D eigenvalue weighted by molar-refractivity contribution is 6.05. The topological polar surface area (TPSA) is 148 Å². The Hall–Kier alpha value is -4.48. The van der Waals surface area contributed by atoms with E-state index in [4.69, 9.17) is 13.8 Å². The van der Waals surface area contributed by atoms with Crippen molar-refractivity contribution >= 4 is 23.6 Å². The molecule has 5 heterocycles. The Kier molecular flexibility index (Phi) is 6.60. The van der Waals surface area contributed by atoms with Crippen LogP contribution in [0.25, 0.3) is 11.5 Å². The van der Waals surface area contributed by atoms with Crippen molar-refractivity contribution in [2.75, 3.05) is 13.2 Å². The van der Waals surface area contributed by atoms with Gasteiger partial charge in [0.25, 0.3) is 11.8 Å². The first kappa shape index (κ1) is 25.8. The third-order valence-electron chi connectivity index (χ3n) is 7.76. The molecule has 2 fully saturated rings. The molecule has 40 heavy (non-hydrogen) atoms. The van der Waals surface area contributed by atoms with Crippen molar-refractivity contribution in [2.24, 2.45) is 0 Å². The van der Waals surface area contributed by atoms with Crippen molar-refractivity contribution < 1.29 is 33.0 Å². The van der Waals surface area contributed by atoms with E-state index >= 15 is 0 Å². The largest absolute Gasteiger partial charge is 0.491 e. The number of carbonyl (C=O) groups excluding carboxylic acids is 4. The van der Waals surface area contributed by atoms with Gasteiger partial charge in [-0.1, -0.05) is 10.3 Å². The molecule has 1 aromatic carbocycles. The van der Waals surface area contributed by atoms with E-state index < -0.39 is 11.9 Å². The number of hydrogen-bond acceptors (Lipinski definition) is 9. The minimum absolute atomic E-state index is 0.169. The summed E-state index contributed by atoms with van der Waals surface area (Å²) in [5, 5.41) is 10.3. The third-order valence-corrected chi connectivity index (χ3v) is 7.76. The second kappa shape index (κ2) is 10.2. The lowest BCUT2D eigenvalue weighted by Crippen LogP contribution is -2.52. The van der Waals surface area contributed by atoms with Gasteiger partial charge < -0.3 is 23.6 Å². The van der Waals surface area contributed by atoms with E-state index in [-0.39, 0.29) is 49.1 Å². The Bertz CT molecular complexity index is 1510. The number of nitrogens with zero attached hydrogens (tertiary/aromatic N) is 4. The highest BCUT2D eigenvalue weighted by atomic mass is 16.5. The van der Waals surface area contributed by atoms with Crippen molar-refractivity contribution in [1.82, 2.24) is 25.4 Å². The Balaban J connectivity index is 1.16. The minimum atomic E-state index is -0.671. The monoisotopic (exact) mass is 547 g/mol. The van der Waals surface area contributed by atoms with Gasteiger partial charge in [-0.3, -0.25) is 24.5 Å². The van der Waals surface area contributed by atoms with Crippen LogP contribution in [0.15, 0.2) is 33.3 Å². The first-order valence-corrected chi connectivity index (χ1v) is 13.4. The predicted octanol–water partition coefficient (Wildman–Crippen LogP) is 2.78. The van der Waals surface area contributed by atoms with E-state index in [1.165, 1.54) is 4.90 Å². The summed E-state index contributed by atoms with van der Waals surface area (Å²) in [6.45, 7) is 4.61. The maximum Gasteiger partial charge on any atom is 0.260 e. The molecule has 6 rings (SSSR count). The summed E-state index contributed by atoms with van der Waals surface area (Å²) in [5.74, 6) is 0.274. The van der Waals surface area contributed by atoms with Gasteiger partial charge in [-0.15, -0.1) is 0 Å². The van der Waals surface area contributed by atoms with E-state index in [1.807, 2.05) is 6.07 Å². The van der Waals surface area contributed by atoms with E-state index in [2.05, 4.69) is 15.6 Å². The highest BCUT2D eigenvalue weighted by Gasteiger charge is 2.39. The highest BCUT2D eigenvalue weighted by Crippen LogP contribution is 2.32. The van der Waals surface area contributed by atoms with Crippen LogP contribution in [0.5, 0.6) is 5.75 Å². The van der Waals surface area contributed by atoms with Gasteiger partial charge in [0.15, 0.2) is 5.69 Å². The van der Waals surface area contributed by atoms with Crippen LogP contribution in [-0.4, -0.2) is 69.0 Å². The molecule has 208 valence electrons. The van der Waals surface area contributed by atoms with Gasteiger partial charge in [0.1, 0.15) is 29.7 Å². The maximum atomic E-state index is 13.7. The molecule has 1 N–H and O–H groups in total. The van der Waals surface area contributed by atoms with Gasteiger partial charge in [0.05, 0.1) is 11.7 Å². The summed E-state index contributed by atoms with van der Waals surface area (Å²) >= 11 is 0. The van der Waals surface area contributed by atoms with Crippen LogP contribution in [0.4, 0.5) is 0 Å². The average molecular weight is 548 g/mol. The smallest absolute Gasteiger partial charge is 0.260 e. The quantitative estimate of drug-likeness (QED) is 0.460. The summed E-state index contributed by atoms with van der Waals surface area (Å²) in [6.07, 6.45) is 3.14. The molecule has 1 unspecified atom stereocenters. The standard InChI is InChI=1S/C28H29N5O7/c1-15-11-21(31-39-15)25-24(16(2)30-40-25)28(37)32-10-4-3-5-18(32)14-38-19-6-7-20-17(12-19)13-33(27(20)36)22-8-9-23(34)29-26(22)35/h6-7,11-12,18,22H,3-5,8-10,13-14H2,1-2H3,(H,29,34,35)/t18-,22?/m1/s1. The van der Waals surface area contributed by atoms with Crippen LogP contribution in [-0.2, 0) is 16.1 Å². The fourth-order valence-corrected chi connectivity index (χ4v) is 5.69. The van der Waals surface area contributed by atoms with Crippen molar-refractivity contribution in [1.29, 1.82) is 0 Å². The van der Waals surface area contributed by atoms with Crippen LogP contribution < -0.4 is 10.1 Å². The zero-order valence-corrected chi connectivity index (χ0v) is 22.3. The second-order valence-electron chi connectivity index (χ2n) is 10.5. The number of amides is 4. The maximum absolute atomic E-state index is 13.7. The molecule has 12 heteroatoms. The summed E-state index contributed by atoms with van der Waals surface area (Å²) < 4.78 is 16.8. The van der Waals surface area contributed by atoms with Crippen molar-refractivity contribution in [3.63, 3.8) is 0 Å². The molecule has 2 aromatic heterocycles. The van der Waals surface area contributed by atoms with Crippen molar-refractivity contribution in [3.05, 3.63) is 52.4 Å². The van der Waals surface area contributed by atoms with Gasteiger partial charge in [-0.2, -0.15) is 0 Å². The number of piperidine rings is 2. The van der Waals surface area contributed by atoms with E-state index in [0.29, 0.717) is 47.0 Å². The Morgan fingerprint density at radius 1 is 1.10 bits per heavy atom. The number of fused-ring (bicyclic) bond motifs is 1. The third kappa shape index (κ3) is 4.63. The number of nitrogens with one attached hydrogen (secondary N) is 1. The Morgan fingerprint density at radius 3 is 2.73 bits per heavy atom. The molecule has 0 radical (unpaired) electrons. The first-order chi connectivity index (χ1) is 19.3. The number of aromatic nitrogens is 2. The molecule has 0 aliphatic carbocycles. The number of carbonyl (C=O) groups is 4. The van der Waals surface area contributed by atoms with Crippen LogP contribution in [0, 0.1) is 13.8 Å². The summed E-state index contributed by atoms with van der Waals surface area (Å²) in [4.78, 5) is 53.9. The number of hydrogen-bond donors (Lipinski definition) is 1. The molecule has 12 nitrogen and oxygen atoms in total. The van der Waals surface area contributed by atoms with E-state index in [0.717, 1.165) is 24.8 Å². The normalized spacial score (nSPS) is 21.0. The van der Waals surface area contributed by atoms with Crippen LogP contribution in [0.3, 0.4) is 0 Å². The molecule has 0 bridgehead atoms. The number of rotatable bonds is 6. The first-order valence-electron chi connectivity index (χ1n) is 13.4. The number of likely N-dealkylation sites (tertiary alicyclic amines) is 1. The Labute approximate surface area is 229 Å². The van der Waals surface area contributed by atoms with Gasteiger partial charge in [0.2, 0.25) is 17.6 Å². The predicted molar refractivity (Wildman–Crippen MR) is 138 cm³/mol. The summed E-state index contributed by atoms with van der Waals surface area (Å²) in [7, 11) is 0. The molecule has 2 saturated heterocycles. The number of benzene rings is 1. The van der Waals surface area contributed by atoms with Crippen LogP contribution in [0.2, 0.25) is 0 Å². The zero-order chi connectivity index (χ0) is 28.0. The molecule has 0 spiro atoms. The minimum Gasteiger partial charge on any atom is -0.491 e. The van der Waals surface area contributed by atoms with Crippen LogP contribution >= 0.6 is 0 Å². The Morgan fingerprint density at radius 2 is 1.95 bits per heavy atom. The SMILES string of the molecule is Cc1cc(-c2onc(C)c2C(=O)N2CCCC[C@@H]2COc2ccc3c(c2)CN(C2CCC(=O)NC2=O)C3=O)no1. The van der Waals surface area contributed by atoms with Crippen molar-refractivity contribution in [2.45, 2.75) is 64.6 Å². The number of aryl methyl sites for hydroxylation is 2. The van der Waals surface area contributed by atoms with Crippen molar-refractivity contribution in [3.8, 4) is 17.2 Å². The lowest BCUT2D eigenvalue weighted by Gasteiger charge is -2.35. The second-order valence-corrected chi connectivity index (χ2v) is 10.5. The average Bonchev–Trinajstić information content (AvgIpc) is 3.64. The summed E-state index contributed by atoms with van der Waals surface area (Å²) in [5.41, 5.74) is 2.55. The zero-order valence-electron chi connectivity index (χ0n) is 22.3. The van der Waals surface area contributed by atoms with E-state index in [9.17, 15) is 19.2 Å². The van der Waals surface area contributed by atoms with Crippen LogP contribution in [0.1, 0.15) is 69.8 Å². The molecule has 3 aliphatic rings. The van der Waals surface area contributed by atoms with Gasteiger partial charge in [-0.25, -0.2) is 0 Å². The molecular weight excluding hydrogens is 518 g/mol. The molecular formula is C28H29N5O7. The van der Waals surface area contributed by atoms with Gasteiger partial charge in [-0.05, 0) is 63.3 Å².